The number of nitrogens with zero attached hydrogens (tertiary/aromatic N) is 3. The van der Waals surface area contributed by atoms with Gasteiger partial charge in [0.15, 0.2) is 0 Å². The minimum atomic E-state index is -1.05. The molecule has 0 aromatic heterocycles. The van der Waals surface area contributed by atoms with E-state index in [0.29, 0.717) is 58.3 Å². The Morgan fingerprint density at radius 3 is 2.41 bits per heavy atom. The molecule has 8 heteroatoms. The average molecular weight is 566 g/mol. The molecule has 0 aliphatic carbocycles. The largest absolute Gasteiger partial charge is 0.396 e. The number of unbranched alkanes of at least 4 members (excludes halogenated alkanes) is 2. The molecule has 41 heavy (non-hydrogen) atoms. The monoisotopic (exact) mass is 565 g/mol. The van der Waals surface area contributed by atoms with Crippen LogP contribution in [0, 0.1) is 11.8 Å². The van der Waals surface area contributed by atoms with Gasteiger partial charge in [-0.15, -0.1) is 13.2 Å². The molecule has 0 saturated carbocycles. The van der Waals surface area contributed by atoms with E-state index in [1.54, 1.807) is 26.9 Å². The number of aliphatic hydroxyl groups excluding tert-OH is 1. The normalized spacial score (nSPS) is 28.2. The van der Waals surface area contributed by atoms with Crippen LogP contribution < -0.4 is 0 Å². The molecular formula is C33H47N3O5. The summed E-state index contributed by atoms with van der Waals surface area (Å²) < 4.78 is 6.95. The Morgan fingerprint density at radius 2 is 1.80 bits per heavy atom. The SMILES string of the molecule is C=CCN(Cc1ccccc1)C(=O)[C@@H]1[C@H]2C(=O)N(CCCCCO)C(C(=O)N(CC=C)C(C)C)C23CC[C@@]1(CC)O3. The van der Waals surface area contributed by atoms with Crippen molar-refractivity contribution in [1.29, 1.82) is 0 Å². The maximum atomic E-state index is 14.5. The van der Waals surface area contributed by atoms with Gasteiger partial charge in [0.2, 0.25) is 17.7 Å². The van der Waals surface area contributed by atoms with Crippen LogP contribution in [0.1, 0.15) is 64.9 Å². The summed E-state index contributed by atoms with van der Waals surface area (Å²) in [6.45, 7) is 15.3. The maximum Gasteiger partial charge on any atom is 0.248 e. The number of carbonyl (C=O) groups is 3. The van der Waals surface area contributed by atoms with Crippen LogP contribution in [-0.4, -0.2) is 87.1 Å². The topological polar surface area (TPSA) is 90.4 Å². The molecule has 224 valence electrons. The highest BCUT2D eigenvalue weighted by Crippen LogP contribution is 2.64. The lowest BCUT2D eigenvalue weighted by Crippen LogP contribution is -2.57. The van der Waals surface area contributed by atoms with E-state index in [-0.39, 0.29) is 30.4 Å². The van der Waals surface area contributed by atoms with Crippen molar-refractivity contribution in [1.82, 2.24) is 14.7 Å². The van der Waals surface area contributed by atoms with Crippen molar-refractivity contribution >= 4 is 17.7 Å². The van der Waals surface area contributed by atoms with E-state index in [2.05, 4.69) is 13.2 Å². The van der Waals surface area contributed by atoms with Gasteiger partial charge < -0.3 is 24.5 Å². The number of ether oxygens (including phenoxy) is 1. The molecule has 1 N–H and O–H groups in total. The molecule has 2 bridgehead atoms. The summed E-state index contributed by atoms with van der Waals surface area (Å²) in [5.41, 5.74) is -0.848. The fraction of sp³-hybridized carbons (Fsp3) is 0.606. The molecule has 5 atom stereocenters. The quantitative estimate of drug-likeness (QED) is 0.257. The van der Waals surface area contributed by atoms with Crippen molar-refractivity contribution in [3.8, 4) is 0 Å². The van der Waals surface area contributed by atoms with Crippen molar-refractivity contribution in [3.05, 3.63) is 61.2 Å². The van der Waals surface area contributed by atoms with E-state index in [9.17, 15) is 19.5 Å². The maximum absolute atomic E-state index is 14.5. The number of benzene rings is 1. The molecular weight excluding hydrogens is 518 g/mol. The summed E-state index contributed by atoms with van der Waals surface area (Å²) in [5, 5.41) is 9.29. The number of hydrogen-bond donors (Lipinski definition) is 1. The second-order valence-electron chi connectivity index (χ2n) is 12.0. The van der Waals surface area contributed by atoms with Crippen LogP contribution in [0.3, 0.4) is 0 Å². The summed E-state index contributed by atoms with van der Waals surface area (Å²) in [4.78, 5) is 48.5. The van der Waals surface area contributed by atoms with E-state index in [1.807, 2.05) is 51.1 Å². The van der Waals surface area contributed by atoms with E-state index in [0.717, 1.165) is 12.0 Å². The Labute approximate surface area is 245 Å². The fourth-order valence-electron chi connectivity index (χ4n) is 7.42. The van der Waals surface area contributed by atoms with Crippen LogP contribution in [0.15, 0.2) is 55.6 Å². The first-order valence-electron chi connectivity index (χ1n) is 15.2. The zero-order chi connectivity index (χ0) is 29.8. The van der Waals surface area contributed by atoms with Gasteiger partial charge in [0.05, 0.1) is 17.4 Å². The third kappa shape index (κ3) is 5.48. The molecule has 3 amide bonds. The second-order valence-corrected chi connectivity index (χ2v) is 12.0. The van der Waals surface area contributed by atoms with E-state index < -0.39 is 29.1 Å². The van der Waals surface area contributed by atoms with Crippen molar-refractivity contribution in [2.75, 3.05) is 26.2 Å². The highest BCUT2D eigenvalue weighted by Gasteiger charge is 2.79. The molecule has 1 spiro atoms. The third-order valence-corrected chi connectivity index (χ3v) is 9.35. The highest BCUT2D eigenvalue weighted by molar-refractivity contribution is 5.99. The molecule has 3 saturated heterocycles. The Kier molecular flexibility index (Phi) is 9.75. The predicted molar refractivity (Wildman–Crippen MR) is 159 cm³/mol. The second kappa shape index (κ2) is 12.9. The third-order valence-electron chi connectivity index (χ3n) is 9.35. The van der Waals surface area contributed by atoms with Gasteiger partial charge in [-0.25, -0.2) is 0 Å². The molecule has 1 aromatic rings. The van der Waals surface area contributed by atoms with Crippen LogP contribution in [0.2, 0.25) is 0 Å². The number of fused-ring (bicyclic) bond motifs is 1. The zero-order valence-corrected chi connectivity index (χ0v) is 25.0. The van der Waals surface area contributed by atoms with Gasteiger partial charge in [-0.05, 0) is 57.9 Å². The van der Waals surface area contributed by atoms with Gasteiger partial charge >= 0.3 is 0 Å². The molecule has 3 fully saturated rings. The van der Waals surface area contributed by atoms with Crippen molar-refractivity contribution in [2.24, 2.45) is 11.8 Å². The lowest BCUT2D eigenvalue weighted by atomic mass is 9.64. The Hall–Kier alpha value is -2.97. The van der Waals surface area contributed by atoms with Gasteiger partial charge in [-0.2, -0.15) is 0 Å². The molecule has 0 radical (unpaired) electrons. The Bertz CT molecular complexity index is 1120. The number of rotatable bonds is 15. The highest BCUT2D eigenvalue weighted by atomic mass is 16.5. The van der Waals surface area contributed by atoms with Crippen molar-refractivity contribution in [3.63, 3.8) is 0 Å². The van der Waals surface area contributed by atoms with E-state index >= 15 is 0 Å². The minimum Gasteiger partial charge on any atom is -0.396 e. The first-order valence-corrected chi connectivity index (χ1v) is 15.2. The first kappa shape index (κ1) is 31.0. The van der Waals surface area contributed by atoms with Gasteiger partial charge in [0.1, 0.15) is 11.6 Å². The van der Waals surface area contributed by atoms with E-state index in [4.69, 9.17) is 4.74 Å². The Morgan fingerprint density at radius 1 is 1.10 bits per heavy atom. The van der Waals surface area contributed by atoms with Gasteiger partial charge in [-0.1, -0.05) is 49.4 Å². The Balaban J connectivity index is 1.75. The molecule has 4 rings (SSSR count). The molecule has 8 nitrogen and oxygen atoms in total. The summed E-state index contributed by atoms with van der Waals surface area (Å²) in [6.07, 6.45) is 7.24. The van der Waals surface area contributed by atoms with E-state index in [1.165, 1.54) is 0 Å². The van der Waals surface area contributed by atoms with Crippen molar-refractivity contribution < 1.29 is 24.2 Å². The lowest BCUT2D eigenvalue weighted by molar-refractivity contribution is -0.156. The number of amides is 3. The molecule has 2 unspecified atom stereocenters. The molecule has 3 heterocycles. The smallest absolute Gasteiger partial charge is 0.248 e. The number of likely N-dealkylation sites (tertiary alicyclic amines) is 1. The van der Waals surface area contributed by atoms with Crippen LogP contribution in [-0.2, 0) is 25.7 Å². The lowest BCUT2D eigenvalue weighted by Gasteiger charge is -2.38. The number of hydrogen-bond acceptors (Lipinski definition) is 5. The van der Waals surface area contributed by atoms with Crippen molar-refractivity contribution in [2.45, 2.75) is 89.1 Å². The summed E-state index contributed by atoms with van der Waals surface area (Å²) >= 11 is 0. The molecule has 3 aliphatic heterocycles. The summed E-state index contributed by atoms with van der Waals surface area (Å²) in [7, 11) is 0. The van der Waals surface area contributed by atoms with Crippen LogP contribution >= 0.6 is 0 Å². The summed E-state index contributed by atoms with van der Waals surface area (Å²) in [6, 6.07) is 8.92. The minimum absolute atomic E-state index is 0.0859. The van der Waals surface area contributed by atoms with Crippen LogP contribution in [0.25, 0.3) is 0 Å². The zero-order valence-electron chi connectivity index (χ0n) is 25.0. The fourth-order valence-corrected chi connectivity index (χ4v) is 7.42. The molecule has 3 aliphatic rings. The summed E-state index contributed by atoms with van der Waals surface area (Å²) in [5.74, 6) is -1.83. The average Bonchev–Trinajstić information content (AvgIpc) is 3.57. The van der Waals surface area contributed by atoms with Gasteiger partial charge in [0, 0.05) is 38.8 Å². The number of aliphatic hydroxyl groups is 1. The first-order chi connectivity index (χ1) is 19.7. The predicted octanol–water partition coefficient (Wildman–Crippen LogP) is 3.94. The van der Waals surface area contributed by atoms with Crippen LogP contribution in [0.4, 0.5) is 0 Å². The standard InChI is InChI=1S/C33H47N3O5/c1-6-19-34(23-25-15-11-9-12-16-25)29(38)26-27-30(39)36(21-13-10-14-22-37)28(31(40)35(20-7-2)24(4)5)33(27)18-17-32(26,8-3)41-33/h6-7,9,11-12,15-16,24,26-28,37H,1-2,8,10,13-14,17-23H2,3-5H3/t26-,27-,28?,32+,33?/m0/s1. The van der Waals surface area contributed by atoms with Gasteiger partial charge in [-0.3, -0.25) is 14.4 Å². The number of carbonyl (C=O) groups excluding carboxylic acids is 3. The van der Waals surface area contributed by atoms with Gasteiger partial charge in [0.25, 0.3) is 0 Å². The van der Waals surface area contributed by atoms with Crippen LogP contribution in [0.5, 0.6) is 0 Å². The molecule has 1 aromatic carbocycles.